The molecule has 0 amide bonds. The summed E-state index contributed by atoms with van der Waals surface area (Å²) >= 11 is 0. The minimum atomic E-state index is -1.44. The molecule has 2 rings (SSSR count). The summed E-state index contributed by atoms with van der Waals surface area (Å²) in [4.78, 5) is 36.9. The maximum absolute atomic E-state index is 12.5. The van der Waals surface area contributed by atoms with Gasteiger partial charge in [-0.05, 0) is 12.0 Å². The number of esters is 1. The Kier molecular flexibility index (Phi) is 5.45. The summed E-state index contributed by atoms with van der Waals surface area (Å²) in [6.07, 6.45) is 1.08. The van der Waals surface area contributed by atoms with E-state index < -0.39 is 32.7 Å². The second-order valence-corrected chi connectivity index (χ2v) is 5.32. The van der Waals surface area contributed by atoms with Crippen LogP contribution in [0.3, 0.4) is 0 Å². The monoisotopic (exact) mass is 360 g/mol. The summed E-state index contributed by atoms with van der Waals surface area (Å²) in [6.45, 7) is 1.70. The van der Waals surface area contributed by atoms with Crippen LogP contribution < -0.4 is 5.32 Å². The fourth-order valence-corrected chi connectivity index (χ4v) is 2.55. The van der Waals surface area contributed by atoms with E-state index in [1.54, 1.807) is 37.3 Å². The molecule has 0 fully saturated rings. The van der Waals surface area contributed by atoms with E-state index >= 15 is 0 Å². The zero-order valence-electron chi connectivity index (χ0n) is 14.0. The Morgan fingerprint density at radius 2 is 1.88 bits per heavy atom. The molecule has 1 unspecified atom stereocenters. The van der Waals surface area contributed by atoms with Crippen LogP contribution in [0.15, 0.2) is 42.6 Å². The Bertz CT molecular complexity index is 842. The lowest BCUT2D eigenvalue weighted by Gasteiger charge is -2.31. The number of aromatic nitrogens is 1. The molecule has 1 aromatic carbocycles. The molecule has 0 aliphatic heterocycles. The smallest absolute Gasteiger partial charge is 0.336 e. The van der Waals surface area contributed by atoms with Gasteiger partial charge in [-0.15, -0.1) is 0 Å². The SMILES string of the molecule is CCC(Nc1ncc([N+](=O)[O-])cc1[N+](=O)[O-])(C(=O)OC)c1ccccc1. The summed E-state index contributed by atoms with van der Waals surface area (Å²) in [5, 5.41) is 25.0. The topological polar surface area (TPSA) is 138 Å². The number of methoxy groups -OCH3 is 1. The Morgan fingerprint density at radius 1 is 1.23 bits per heavy atom. The van der Waals surface area contributed by atoms with Crippen molar-refractivity contribution in [3.63, 3.8) is 0 Å². The van der Waals surface area contributed by atoms with Gasteiger partial charge in [0.15, 0.2) is 5.54 Å². The van der Waals surface area contributed by atoms with Crippen molar-refractivity contribution in [2.45, 2.75) is 18.9 Å². The summed E-state index contributed by atoms with van der Waals surface area (Å²) < 4.78 is 4.89. The number of hydrogen-bond donors (Lipinski definition) is 1. The predicted molar refractivity (Wildman–Crippen MR) is 91.6 cm³/mol. The van der Waals surface area contributed by atoms with Gasteiger partial charge in [0.25, 0.3) is 5.69 Å². The van der Waals surface area contributed by atoms with E-state index in [1.165, 1.54) is 7.11 Å². The number of carbonyl (C=O) groups is 1. The lowest BCUT2D eigenvalue weighted by molar-refractivity contribution is -0.394. The number of benzene rings is 1. The van der Waals surface area contributed by atoms with E-state index in [1.807, 2.05) is 0 Å². The van der Waals surface area contributed by atoms with E-state index in [2.05, 4.69) is 10.3 Å². The Labute approximate surface area is 148 Å². The molecule has 10 heteroatoms. The molecule has 0 saturated heterocycles. The van der Waals surface area contributed by atoms with Gasteiger partial charge in [0.1, 0.15) is 6.20 Å². The van der Waals surface area contributed by atoms with Crippen molar-refractivity contribution in [2.75, 3.05) is 12.4 Å². The van der Waals surface area contributed by atoms with Crippen LogP contribution in [-0.2, 0) is 15.1 Å². The number of carbonyl (C=O) groups excluding carboxylic acids is 1. The standard InChI is InChI=1S/C16H16N4O6/c1-3-16(15(21)26-2,11-7-5-4-6-8-11)18-14-13(20(24)25)9-12(10-17-14)19(22)23/h4-10H,3H2,1-2H3,(H,17,18). The van der Waals surface area contributed by atoms with E-state index in [0.29, 0.717) is 5.56 Å². The second-order valence-electron chi connectivity index (χ2n) is 5.32. The largest absolute Gasteiger partial charge is 0.467 e. The van der Waals surface area contributed by atoms with Gasteiger partial charge in [-0.1, -0.05) is 37.3 Å². The molecule has 136 valence electrons. The van der Waals surface area contributed by atoms with Crippen LogP contribution in [0.2, 0.25) is 0 Å². The highest BCUT2D eigenvalue weighted by Gasteiger charge is 2.42. The number of nitrogens with one attached hydrogen (secondary N) is 1. The first kappa shape index (κ1) is 18.8. The number of nitro groups is 2. The van der Waals surface area contributed by atoms with Crippen molar-refractivity contribution in [3.05, 3.63) is 68.4 Å². The molecular formula is C16H16N4O6. The molecule has 2 aromatic rings. The van der Waals surface area contributed by atoms with Gasteiger partial charge in [-0.2, -0.15) is 0 Å². The van der Waals surface area contributed by atoms with Crippen molar-refractivity contribution < 1.29 is 19.4 Å². The summed E-state index contributed by atoms with van der Waals surface area (Å²) in [7, 11) is 1.20. The molecule has 0 saturated carbocycles. The molecule has 10 nitrogen and oxygen atoms in total. The first-order chi connectivity index (χ1) is 12.4. The van der Waals surface area contributed by atoms with Crippen LogP contribution in [0.5, 0.6) is 0 Å². The van der Waals surface area contributed by atoms with Crippen molar-refractivity contribution in [1.29, 1.82) is 0 Å². The third-order valence-electron chi connectivity index (χ3n) is 3.92. The third kappa shape index (κ3) is 3.43. The maximum atomic E-state index is 12.5. The van der Waals surface area contributed by atoms with Gasteiger partial charge < -0.3 is 10.1 Å². The van der Waals surface area contributed by atoms with Gasteiger partial charge in [0.05, 0.1) is 23.0 Å². The van der Waals surface area contributed by atoms with E-state index in [0.717, 1.165) is 12.3 Å². The molecule has 0 spiro atoms. The van der Waals surface area contributed by atoms with Gasteiger partial charge >= 0.3 is 11.7 Å². The summed E-state index contributed by atoms with van der Waals surface area (Å²) in [5.74, 6) is -0.933. The van der Waals surface area contributed by atoms with Gasteiger partial charge in [-0.25, -0.2) is 9.78 Å². The van der Waals surface area contributed by atoms with Gasteiger partial charge in [0, 0.05) is 0 Å². The van der Waals surface area contributed by atoms with Gasteiger partial charge in [0.2, 0.25) is 5.82 Å². The molecule has 1 aromatic heterocycles. The van der Waals surface area contributed by atoms with Crippen LogP contribution in [0.25, 0.3) is 0 Å². The fraction of sp³-hybridized carbons (Fsp3) is 0.250. The van der Waals surface area contributed by atoms with Crippen molar-refractivity contribution in [1.82, 2.24) is 4.98 Å². The summed E-state index contributed by atoms with van der Waals surface area (Å²) in [6, 6.07) is 9.31. The first-order valence-electron chi connectivity index (χ1n) is 7.56. The highest BCUT2D eigenvalue weighted by atomic mass is 16.6. The van der Waals surface area contributed by atoms with E-state index in [9.17, 15) is 25.0 Å². The van der Waals surface area contributed by atoms with Crippen molar-refractivity contribution in [2.24, 2.45) is 0 Å². The second kappa shape index (κ2) is 7.55. The lowest BCUT2D eigenvalue weighted by atomic mass is 9.87. The number of rotatable bonds is 7. The van der Waals surface area contributed by atoms with E-state index in [-0.39, 0.29) is 12.2 Å². The zero-order valence-corrected chi connectivity index (χ0v) is 14.0. The zero-order chi connectivity index (χ0) is 19.3. The number of pyridine rings is 1. The molecule has 1 N–H and O–H groups in total. The lowest BCUT2D eigenvalue weighted by Crippen LogP contribution is -2.44. The van der Waals surface area contributed by atoms with Crippen molar-refractivity contribution in [3.8, 4) is 0 Å². The average Bonchev–Trinajstić information content (AvgIpc) is 2.66. The predicted octanol–water partition coefficient (Wildman–Crippen LogP) is 2.79. The fourth-order valence-electron chi connectivity index (χ4n) is 2.55. The molecule has 0 bridgehead atoms. The molecule has 1 heterocycles. The van der Waals surface area contributed by atoms with Gasteiger partial charge in [-0.3, -0.25) is 20.2 Å². The molecule has 1 atom stereocenters. The van der Waals surface area contributed by atoms with Crippen LogP contribution in [0.4, 0.5) is 17.2 Å². The van der Waals surface area contributed by atoms with Crippen LogP contribution >= 0.6 is 0 Å². The first-order valence-corrected chi connectivity index (χ1v) is 7.56. The van der Waals surface area contributed by atoms with Crippen molar-refractivity contribution >= 4 is 23.2 Å². The summed E-state index contributed by atoms with van der Waals surface area (Å²) in [5.41, 5.74) is -2.06. The quantitative estimate of drug-likeness (QED) is 0.452. The normalized spacial score (nSPS) is 12.7. The third-order valence-corrected chi connectivity index (χ3v) is 3.92. The Balaban J connectivity index is 2.61. The number of hydrogen-bond acceptors (Lipinski definition) is 8. The average molecular weight is 360 g/mol. The minimum Gasteiger partial charge on any atom is -0.467 e. The number of anilines is 1. The number of nitrogens with zero attached hydrogens (tertiary/aromatic N) is 3. The molecule has 0 aliphatic rings. The van der Waals surface area contributed by atoms with Crippen LogP contribution in [0, 0.1) is 20.2 Å². The highest BCUT2D eigenvalue weighted by molar-refractivity contribution is 5.86. The Hall–Kier alpha value is -3.56. The molecule has 0 radical (unpaired) electrons. The minimum absolute atomic E-state index is 0.194. The maximum Gasteiger partial charge on any atom is 0.336 e. The highest BCUT2D eigenvalue weighted by Crippen LogP contribution is 2.35. The Morgan fingerprint density at radius 3 is 2.38 bits per heavy atom. The number of ether oxygens (including phenoxy) is 1. The van der Waals surface area contributed by atoms with E-state index in [4.69, 9.17) is 4.74 Å². The molecular weight excluding hydrogens is 344 g/mol. The van der Waals surface area contributed by atoms with Crippen LogP contribution in [-0.4, -0.2) is 27.9 Å². The molecule has 0 aliphatic carbocycles. The van der Waals surface area contributed by atoms with Crippen LogP contribution in [0.1, 0.15) is 18.9 Å². The molecule has 26 heavy (non-hydrogen) atoms.